The number of aliphatic hydroxyl groups excluding tert-OH is 1. The van der Waals surface area contributed by atoms with Crippen molar-refractivity contribution in [3.63, 3.8) is 0 Å². The molecule has 1 fully saturated rings. The minimum atomic E-state index is -0.0658. The first-order valence-electron chi connectivity index (χ1n) is 7.69. The number of carbonyl (C=O) groups is 1. The molecule has 1 saturated heterocycles. The molecule has 1 aliphatic rings. The van der Waals surface area contributed by atoms with Crippen molar-refractivity contribution in [1.29, 1.82) is 0 Å². The Morgan fingerprint density at radius 2 is 2.30 bits per heavy atom. The number of hydrogen-bond acceptors (Lipinski definition) is 4. The van der Waals surface area contributed by atoms with E-state index in [4.69, 9.17) is 4.42 Å². The largest absolute Gasteiger partial charge is 0.462 e. The van der Waals surface area contributed by atoms with E-state index in [-0.39, 0.29) is 24.3 Å². The zero-order valence-electron chi connectivity index (χ0n) is 13.3. The van der Waals surface area contributed by atoms with Gasteiger partial charge in [-0.3, -0.25) is 9.48 Å². The second kappa shape index (κ2) is 6.42. The van der Waals surface area contributed by atoms with Crippen LogP contribution in [0.25, 0.3) is 6.08 Å². The van der Waals surface area contributed by atoms with Gasteiger partial charge < -0.3 is 14.4 Å². The van der Waals surface area contributed by atoms with Gasteiger partial charge in [0.25, 0.3) is 0 Å². The Hall–Kier alpha value is -2.34. The van der Waals surface area contributed by atoms with Crippen LogP contribution in [0.3, 0.4) is 0 Å². The lowest BCUT2D eigenvalue weighted by Gasteiger charge is -2.13. The highest BCUT2D eigenvalue weighted by Crippen LogP contribution is 2.32. The Bertz CT molecular complexity index is 716. The van der Waals surface area contributed by atoms with Crippen molar-refractivity contribution < 1.29 is 14.3 Å². The second-order valence-corrected chi connectivity index (χ2v) is 6.02. The molecule has 2 atom stereocenters. The standard InChI is InChI=1S/C17H21N3O3/c1-12-3-4-15(23-12)5-6-17(22)20-9-14(11-21)16(10-20)13-7-18-19(2)8-13/h3-8,14,16,21H,9-11H2,1-2H3/b6-5+/t14-,16-/m0/s1. The van der Waals surface area contributed by atoms with Crippen molar-refractivity contribution in [1.82, 2.24) is 14.7 Å². The van der Waals surface area contributed by atoms with Gasteiger partial charge in [0.15, 0.2) is 0 Å². The van der Waals surface area contributed by atoms with Crippen molar-refractivity contribution in [2.24, 2.45) is 13.0 Å². The van der Waals surface area contributed by atoms with Crippen LogP contribution in [0.4, 0.5) is 0 Å². The third-order valence-corrected chi connectivity index (χ3v) is 4.29. The number of aliphatic hydroxyl groups is 1. The first kappa shape index (κ1) is 15.6. The summed E-state index contributed by atoms with van der Waals surface area (Å²) in [5, 5.41) is 13.8. The van der Waals surface area contributed by atoms with Crippen molar-refractivity contribution in [2.75, 3.05) is 19.7 Å². The smallest absolute Gasteiger partial charge is 0.246 e. The molecule has 23 heavy (non-hydrogen) atoms. The van der Waals surface area contributed by atoms with Crippen molar-refractivity contribution in [2.45, 2.75) is 12.8 Å². The number of likely N-dealkylation sites (tertiary alicyclic amines) is 1. The van der Waals surface area contributed by atoms with Gasteiger partial charge in [0.05, 0.1) is 6.20 Å². The number of amides is 1. The Kier molecular flexibility index (Phi) is 4.34. The lowest BCUT2D eigenvalue weighted by atomic mass is 9.92. The number of aromatic nitrogens is 2. The molecule has 0 spiro atoms. The normalized spacial score (nSPS) is 21.4. The molecule has 0 bridgehead atoms. The maximum absolute atomic E-state index is 12.4. The van der Waals surface area contributed by atoms with Crippen molar-refractivity contribution >= 4 is 12.0 Å². The Morgan fingerprint density at radius 1 is 1.48 bits per heavy atom. The highest BCUT2D eigenvalue weighted by molar-refractivity contribution is 5.91. The summed E-state index contributed by atoms with van der Waals surface area (Å²) in [4.78, 5) is 14.1. The third kappa shape index (κ3) is 3.37. The molecule has 6 nitrogen and oxygen atoms in total. The molecule has 0 radical (unpaired) electrons. The number of aryl methyl sites for hydroxylation is 2. The van der Waals surface area contributed by atoms with Gasteiger partial charge in [-0.15, -0.1) is 0 Å². The van der Waals surface area contributed by atoms with Crippen LogP contribution in [0.2, 0.25) is 0 Å². The van der Waals surface area contributed by atoms with Crippen LogP contribution in [0.5, 0.6) is 0 Å². The minimum absolute atomic E-state index is 0.0439. The summed E-state index contributed by atoms with van der Waals surface area (Å²) < 4.78 is 7.17. The summed E-state index contributed by atoms with van der Waals surface area (Å²) in [6, 6.07) is 3.69. The topological polar surface area (TPSA) is 71.5 Å². The number of furan rings is 1. The molecule has 0 aromatic carbocycles. The quantitative estimate of drug-likeness (QED) is 0.869. The highest BCUT2D eigenvalue weighted by atomic mass is 16.3. The van der Waals surface area contributed by atoms with Gasteiger partial charge in [0.2, 0.25) is 5.91 Å². The van der Waals surface area contributed by atoms with Crippen molar-refractivity contribution in [3.05, 3.63) is 47.7 Å². The molecule has 0 saturated carbocycles. The van der Waals surface area contributed by atoms with Crippen molar-refractivity contribution in [3.8, 4) is 0 Å². The summed E-state index contributed by atoms with van der Waals surface area (Å²) in [6.07, 6.45) is 6.96. The maximum atomic E-state index is 12.4. The molecular formula is C17H21N3O3. The number of nitrogens with zero attached hydrogens (tertiary/aromatic N) is 3. The van der Waals surface area contributed by atoms with Gasteiger partial charge in [-0.25, -0.2) is 0 Å². The van der Waals surface area contributed by atoms with E-state index in [1.807, 2.05) is 38.5 Å². The monoisotopic (exact) mass is 315 g/mol. The van der Waals surface area contributed by atoms with Crippen LogP contribution >= 0.6 is 0 Å². The fourth-order valence-corrected chi connectivity index (χ4v) is 3.05. The molecule has 3 rings (SSSR count). The second-order valence-electron chi connectivity index (χ2n) is 6.02. The number of carbonyl (C=O) groups excluding carboxylic acids is 1. The summed E-state index contributed by atoms with van der Waals surface area (Å²) in [5.41, 5.74) is 1.06. The fraction of sp³-hybridized carbons (Fsp3) is 0.412. The Balaban J connectivity index is 1.69. The number of rotatable bonds is 4. The Labute approximate surface area is 135 Å². The molecule has 0 unspecified atom stereocenters. The van der Waals surface area contributed by atoms with Crippen LogP contribution in [-0.4, -0.2) is 45.4 Å². The van der Waals surface area contributed by atoms with Gasteiger partial charge >= 0.3 is 0 Å². The maximum Gasteiger partial charge on any atom is 0.246 e. The molecule has 122 valence electrons. The van der Waals surface area contributed by atoms with Crippen LogP contribution < -0.4 is 0 Å². The third-order valence-electron chi connectivity index (χ3n) is 4.29. The molecule has 2 aromatic heterocycles. The fourth-order valence-electron chi connectivity index (χ4n) is 3.05. The van der Waals surface area contributed by atoms with E-state index in [0.29, 0.717) is 18.8 Å². The van der Waals surface area contributed by atoms with E-state index in [2.05, 4.69) is 5.10 Å². The van der Waals surface area contributed by atoms with E-state index in [9.17, 15) is 9.90 Å². The zero-order chi connectivity index (χ0) is 16.4. The molecule has 6 heteroatoms. The van der Waals surface area contributed by atoms with Gasteiger partial charge in [-0.1, -0.05) is 0 Å². The van der Waals surface area contributed by atoms with E-state index in [0.717, 1.165) is 11.3 Å². The first-order valence-corrected chi connectivity index (χ1v) is 7.69. The van der Waals surface area contributed by atoms with Gasteiger partial charge in [-0.2, -0.15) is 5.10 Å². The van der Waals surface area contributed by atoms with E-state index >= 15 is 0 Å². The highest BCUT2D eigenvalue weighted by Gasteiger charge is 2.35. The zero-order valence-corrected chi connectivity index (χ0v) is 13.3. The number of hydrogen-bond donors (Lipinski definition) is 1. The van der Waals surface area contributed by atoms with E-state index in [1.54, 1.807) is 15.7 Å². The molecule has 1 aliphatic heterocycles. The van der Waals surface area contributed by atoms with E-state index in [1.165, 1.54) is 6.08 Å². The molecule has 3 heterocycles. The average Bonchev–Trinajstić information content (AvgIpc) is 3.23. The molecular weight excluding hydrogens is 294 g/mol. The predicted molar refractivity (Wildman–Crippen MR) is 85.6 cm³/mol. The van der Waals surface area contributed by atoms with E-state index < -0.39 is 0 Å². The van der Waals surface area contributed by atoms with Gasteiger partial charge in [0.1, 0.15) is 11.5 Å². The Morgan fingerprint density at radius 3 is 2.91 bits per heavy atom. The first-order chi connectivity index (χ1) is 11.1. The lowest BCUT2D eigenvalue weighted by molar-refractivity contribution is -0.125. The molecule has 1 amide bonds. The molecule has 0 aliphatic carbocycles. The summed E-state index contributed by atoms with van der Waals surface area (Å²) in [7, 11) is 1.86. The summed E-state index contributed by atoms with van der Waals surface area (Å²) in [6.45, 7) is 3.07. The summed E-state index contributed by atoms with van der Waals surface area (Å²) >= 11 is 0. The van der Waals surface area contributed by atoms with Crippen LogP contribution in [0.15, 0.2) is 35.0 Å². The lowest BCUT2D eigenvalue weighted by Crippen LogP contribution is -2.27. The average molecular weight is 315 g/mol. The molecule has 1 N–H and O–H groups in total. The van der Waals surface area contributed by atoms with Gasteiger partial charge in [0, 0.05) is 50.9 Å². The predicted octanol–water partition coefficient (Wildman–Crippen LogP) is 1.57. The molecule has 2 aromatic rings. The van der Waals surface area contributed by atoms with Crippen LogP contribution in [0, 0.1) is 12.8 Å². The minimum Gasteiger partial charge on any atom is -0.462 e. The summed E-state index contributed by atoms with van der Waals surface area (Å²) in [5.74, 6) is 1.58. The SMILES string of the molecule is Cc1ccc(/C=C/C(=O)N2C[C@@H](CO)[C@H](c3cnn(C)c3)C2)o1. The van der Waals surface area contributed by atoms with Crippen LogP contribution in [-0.2, 0) is 11.8 Å². The van der Waals surface area contributed by atoms with Gasteiger partial charge in [-0.05, 0) is 30.7 Å². The van der Waals surface area contributed by atoms with Crippen LogP contribution in [0.1, 0.15) is 23.0 Å².